The number of nitro groups is 1. The van der Waals surface area contributed by atoms with E-state index in [9.17, 15) is 19.7 Å². The Morgan fingerprint density at radius 3 is 2.59 bits per heavy atom. The number of allylic oxidation sites excluding steroid dienone is 1. The lowest BCUT2D eigenvalue weighted by molar-refractivity contribution is -0.384. The third kappa shape index (κ3) is 5.68. The summed E-state index contributed by atoms with van der Waals surface area (Å²) in [6, 6.07) is 12.4. The number of aryl methyl sites for hydroxylation is 1. The number of furan rings is 1. The highest BCUT2D eigenvalue weighted by Gasteiger charge is 2.36. The number of thiazole rings is 1. The lowest BCUT2D eigenvalue weighted by atomic mass is 9.93. The van der Waals surface area contributed by atoms with Crippen LogP contribution in [0.2, 0.25) is 0 Å². The number of benzene rings is 2. The second-order valence-corrected chi connectivity index (χ2v) is 11.0. The molecular weight excluding hydrogens is 586 g/mol. The minimum absolute atomic E-state index is 0.00834. The van der Waals surface area contributed by atoms with Crippen LogP contribution < -0.4 is 24.4 Å². The summed E-state index contributed by atoms with van der Waals surface area (Å²) in [6.07, 6.45) is 2.84. The maximum atomic E-state index is 14.1. The van der Waals surface area contributed by atoms with Crippen LogP contribution in [0, 0.1) is 17.0 Å². The van der Waals surface area contributed by atoms with E-state index in [0.717, 1.165) is 6.42 Å². The fourth-order valence-electron chi connectivity index (χ4n) is 5.21. The second kappa shape index (κ2) is 12.7. The highest BCUT2D eigenvalue weighted by molar-refractivity contribution is 7.07. The van der Waals surface area contributed by atoms with Crippen molar-refractivity contribution in [1.82, 2.24) is 4.57 Å². The van der Waals surface area contributed by atoms with E-state index in [2.05, 4.69) is 0 Å². The fraction of sp³-hybridized carbons (Fsp3) is 0.281. The Morgan fingerprint density at radius 2 is 1.93 bits per heavy atom. The van der Waals surface area contributed by atoms with Crippen molar-refractivity contribution < 1.29 is 28.3 Å². The minimum atomic E-state index is -0.881. The Hall–Kier alpha value is -4.97. The van der Waals surface area contributed by atoms with Crippen LogP contribution in [0.25, 0.3) is 17.4 Å². The number of hydrogen-bond acceptors (Lipinski definition) is 10. The van der Waals surface area contributed by atoms with Gasteiger partial charge in [-0.1, -0.05) is 24.7 Å². The van der Waals surface area contributed by atoms with Gasteiger partial charge >= 0.3 is 5.97 Å². The molecule has 12 heteroatoms. The van der Waals surface area contributed by atoms with Crippen molar-refractivity contribution in [2.75, 3.05) is 20.8 Å². The number of carbonyl (C=O) groups excluding carboxylic acids is 1. The Morgan fingerprint density at radius 1 is 1.14 bits per heavy atom. The standard InChI is InChI=1S/C32H31N3O8S/c1-6-8-24-28(31(37)42-7-2)29(23-16-20(40-4)10-13-25(23)41-5)34-30(36)27(44-32(34)33-24)17-21-11-14-26(43-21)22-12-9-19(35(38)39)15-18(22)3/h9-17,29H,6-8H2,1-5H3/b27-17-/t29-/m1/s1. The summed E-state index contributed by atoms with van der Waals surface area (Å²) in [5.74, 6) is 1.36. The van der Waals surface area contributed by atoms with Gasteiger partial charge < -0.3 is 18.6 Å². The molecule has 0 aliphatic carbocycles. The summed E-state index contributed by atoms with van der Waals surface area (Å²) >= 11 is 1.18. The number of nitro benzene ring substituents is 1. The highest BCUT2D eigenvalue weighted by atomic mass is 32.1. The second-order valence-electron chi connectivity index (χ2n) is 9.98. The van der Waals surface area contributed by atoms with Gasteiger partial charge in [0.25, 0.3) is 11.2 Å². The largest absolute Gasteiger partial charge is 0.497 e. The molecule has 0 saturated heterocycles. The van der Waals surface area contributed by atoms with Gasteiger partial charge in [0.05, 0.1) is 41.6 Å². The molecule has 4 aromatic rings. The van der Waals surface area contributed by atoms with Crippen LogP contribution in [0.3, 0.4) is 0 Å². The molecule has 2 aromatic carbocycles. The predicted molar refractivity (Wildman–Crippen MR) is 165 cm³/mol. The quantitative estimate of drug-likeness (QED) is 0.137. The fourth-order valence-corrected chi connectivity index (χ4v) is 6.21. The van der Waals surface area contributed by atoms with E-state index in [-0.39, 0.29) is 23.4 Å². The van der Waals surface area contributed by atoms with Gasteiger partial charge in [-0.2, -0.15) is 0 Å². The molecule has 1 aliphatic rings. The number of fused-ring (bicyclic) bond motifs is 1. The van der Waals surface area contributed by atoms with Gasteiger partial charge in [-0.25, -0.2) is 9.79 Å². The zero-order valence-electron chi connectivity index (χ0n) is 24.9. The number of carbonyl (C=O) groups is 1. The number of ether oxygens (including phenoxy) is 3. The molecule has 0 bridgehead atoms. The van der Waals surface area contributed by atoms with Crippen molar-refractivity contribution in [3.63, 3.8) is 0 Å². The third-order valence-corrected chi connectivity index (χ3v) is 8.19. The SMILES string of the molecule is CCCC1=C(C(=O)OCC)[C@@H](c2cc(OC)ccc2OC)n2c(s/c(=C\c3ccc(-c4ccc([N+](=O)[O-])cc4C)o3)c2=O)=N1. The van der Waals surface area contributed by atoms with Gasteiger partial charge in [0, 0.05) is 29.3 Å². The van der Waals surface area contributed by atoms with Crippen molar-refractivity contribution in [2.24, 2.45) is 4.99 Å². The molecule has 0 saturated carbocycles. The van der Waals surface area contributed by atoms with Crippen molar-refractivity contribution in [1.29, 1.82) is 0 Å². The van der Waals surface area contributed by atoms with E-state index in [4.69, 9.17) is 23.6 Å². The molecule has 0 spiro atoms. The molecule has 228 valence electrons. The molecule has 1 aliphatic heterocycles. The summed E-state index contributed by atoms with van der Waals surface area (Å²) in [5, 5.41) is 11.1. The molecular formula is C32H31N3O8S. The van der Waals surface area contributed by atoms with Crippen molar-refractivity contribution in [3.8, 4) is 22.8 Å². The summed E-state index contributed by atoms with van der Waals surface area (Å²) in [5.41, 5.74) is 2.37. The highest BCUT2D eigenvalue weighted by Crippen LogP contribution is 2.39. The van der Waals surface area contributed by atoms with Crippen molar-refractivity contribution >= 4 is 29.1 Å². The molecule has 0 fully saturated rings. The van der Waals surface area contributed by atoms with E-state index in [1.165, 1.54) is 42.3 Å². The Labute approximate surface area is 256 Å². The Kier molecular flexibility index (Phi) is 8.81. The van der Waals surface area contributed by atoms with Crippen molar-refractivity contribution in [3.05, 3.63) is 106 Å². The summed E-state index contributed by atoms with van der Waals surface area (Å²) < 4.78 is 24.5. The smallest absolute Gasteiger partial charge is 0.338 e. The Balaban J connectivity index is 1.69. The van der Waals surface area contributed by atoms with Gasteiger partial charge in [-0.15, -0.1) is 0 Å². The van der Waals surface area contributed by atoms with Crippen molar-refractivity contribution in [2.45, 2.75) is 39.7 Å². The zero-order valence-corrected chi connectivity index (χ0v) is 25.7. The van der Waals surface area contributed by atoms with Crippen LogP contribution >= 0.6 is 11.3 Å². The summed E-state index contributed by atoms with van der Waals surface area (Å²) in [6.45, 7) is 5.64. The lowest BCUT2D eigenvalue weighted by Gasteiger charge is -2.27. The maximum absolute atomic E-state index is 14.1. The van der Waals surface area contributed by atoms with Crippen LogP contribution in [-0.4, -0.2) is 36.3 Å². The predicted octanol–water partition coefficient (Wildman–Crippen LogP) is 5.07. The monoisotopic (exact) mass is 617 g/mol. The third-order valence-electron chi connectivity index (χ3n) is 7.21. The minimum Gasteiger partial charge on any atom is -0.497 e. The van der Waals surface area contributed by atoms with E-state index in [1.807, 2.05) is 6.92 Å². The average Bonchev–Trinajstić information content (AvgIpc) is 3.60. The molecule has 0 radical (unpaired) electrons. The number of rotatable bonds is 10. The summed E-state index contributed by atoms with van der Waals surface area (Å²) in [7, 11) is 3.06. The Bertz CT molecular complexity index is 1970. The lowest BCUT2D eigenvalue weighted by Crippen LogP contribution is -2.40. The molecule has 3 heterocycles. The first-order chi connectivity index (χ1) is 21.2. The zero-order chi connectivity index (χ0) is 31.5. The molecule has 44 heavy (non-hydrogen) atoms. The average molecular weight is 618 g/mol. The van der Waals surface area contributed by atoms with E-state index < -0.39 is 16.9 Å². The van der Waals surface area contributed by atoms with E-state index in [1.54, 1.807) is 56.3 Å². The first-order valence-corrected chi connectivity index (χ1v) is 14.8. The van der Waals surface area contributed by atoms with Gasteiger partial charge in [0.2, 0.25) is 0 Å². The normalized spacial score (nSPS) is 14.7. The number of aromatic nitrogens is 1. The number of hydrogen-bond donors (Lipinski definition) is 0. The van der Waals surface area contributed by atoms with Gasteiger partial charge in [0.15, 0.2) is 4.80 Å². The molecule has 2 aromatic heterocycles. The molecule has 11 nitrogen and oxygen atoms in total. The van der Waals surface area contributed by atoms with Crippen LogP contribution in [0.1, 0.15) is 49.6 Å². The number of methoxy groups -OCH3 is 2. The molecule has 0 N–H and O–H groups in total. The van der Waals surface area contributed by atoms with Crippen LogP contribution in [0.5, 0.6) is 11.5 Å². The maximum Gasteiger partial charge on any atom is 0.338 e. The molecule has 0 unspecified atom stereocenters. The van der Waals surface area contributed by atoms with Gasteiger partial charge in [-0.3, -0.25) is 19.5 Å². The molecule has 5 rings (SSSR count). The number of nitrogens with zero attached hydrogens (tertiary/aromatic N) is 3. The number of esters is 1. The van der Waals surface area contributed by atoms with Gasteiger partial charge in [-0.05, 0) is 62.2 Å². The topological polar surface area (TPSA) is 135 Å². The van der Waals surface area contributed by atoms with Gasteiger partial charge in [0.1, 0.15) is 29.1 Å². The molecule has 0 amide bonds. The van der Waals surface area contributed by atoms with Crippen LogP contribution in [0.4, 0.5) is 5.69 Å². The first-order valence-electron chi connectivity index (χ1n) is 14.0. The molecule has 1 atom stereocenters. The first kappa shape index (κ1) is 30.5. The number of non-ortho nitro benzene ring substituents is 1. The van der Waals surface area contributed by atoms with Crippen LogP contribution in [-0.2, 0) is 9.53 Å². The van der Waals surface area contributed by atoms with Crippen LogP contribution in [0.15, 0.2) is 74.0 Å². The summed E-state index contributed by atoms with van der Waals surface area (Å²) in [4.78, 5) is 43.5. The van der Waals surface area contributed by atoms with E-state index in [0.29, 0.717) is 61.2 Å². The van der Waals surface area contributed by atoms with E-state index >= 15 is 0 Å².